The van der Waals surface area contributed by atoms with Crippen LogP contribution in [0.4, 0.5) is 15.8 Å². The Labute approximate surface area is 111 Å². The summed E-state index contributed by atoms with van der Waals surface area (Å²) < 4.78 is 12.8. The van der Waals surface area contributed by atoms with Gasteiger partial charge in [0.15, 0.2) is 0 Å². The molecule has 2 aromatic rings. The Morgan fingerprint density at radius 3 is 2.37 bits per heavy atom. The van der Waals surface area contributed by atoms with Crippen molar-refractivity contribution in [3.8, 4) is 0 Å². The van der Waals surface area contributed by atoms with Crippen LogP contribution in [0.5, 0.6) is 0 Å². The van der Waals surface area contributed by atoms with Gasteiger partial charge >= 0.3 is 0 Å². The standard InChI is InChI=1S/C15H15FN2O/c1-9-7-10(2)14(8-13(9)17)18-15(19)11-3-5-12(16)6-4-11/h3-8H,17H2,1-2H3,(H,18,19). The van der Waals surface area contributed by atoms with Gasteiger partial charge < -0.3 is 11.1 Å². The van der Waals surface area contributed by atoms with Gasteiger partial charge in [0.1, 0.15) is 5.82 Å². The maximum Gasteiger partial charge on any atom is 0.255 e. The molecule has 0 radical (unpaired) electrons. The van der Waals surface area contributed by atoms with Gasteiger partial charge in [-0.2, -0.15) is 0 Å². The molecule has 0 saturated heterocycles. The summed E-state index contributed by atoms with van der Waals surface area (Å²) in [5.41, 5.74) is 9.42. The fourth-order valence-electron chi connectivity index (χ4n) is 1.80. The lowest BCUT2D eigenvalue weighted by Crippen LogP contribution is -2.13. The zero-order valence-corrected chi connectivity index (χ0v) is 10.8. The zero-order valence-electron chi connectivity index (χ0n) is 10.8. The minimum Gasteiger partial charge on any atom is -0.398 e. The van der Waals surface area contributed by atoms with Crippen LogP contribution in [0.3, 0.4) is 0 Å². The SMILES string of the molecule is Cc1cc(C)c(NC(=O)c2ccc(F)cc2)cc1N. The molecular weight excluding hydrogens is 243 g/mol. The first-order valence-electron chi connectivity index (χ1n) is 5.91. The van der Waals surface area contributed by atoms with Crippen LogP contribution in [0.25, 0.3) is 0 Å². The second-order valence-electron chi connectivity index (χ2n) is 4.48. The number of nitrogen functional groups attached to an aromatic ring is 1. The molecule has 0 aromatic heterocycles. The molecule has 19 heavy (non-hydrogen) atoms. The number of amides is 1. The number of nitrogens with two attached hydrogens (primary N) is 1. The highest BCUT2D eigenvalue weighted by Crippen LogP contribution is 2.22. The fraction of sp³-hybridized carbons (Fsp3) is 0.133. The predicted molar refractivity (Wildman–Crippen MR) is 74.7 cm³/mol. The molecule has 0 unspecified atom stereocenters. The van der Waals surface area contributed by atoms with Crippen LogP contribution in [0.1, 0.15) is 21.5 Å². The number of anilines is 2. The van der Waals surface area contributed by atoms with Crippen LogP contribution in [0, 0.1) is 19.7 Å². The fourth-order valence-corrected chi connectivity index (χ4v) is 1.80. The van der Waals surface area contributed by atoms with E-state index in [1.807, 2.05) is 19.9 Å². The number of carbonyl (C=O) groups is 1. The van der Waals surface area contributed by atoms with E-state index in [0.29, 0.717) is 16.9 Å². The normalized spacial score (nSPS) is 10.3. The number of benzene rings is 2. The third kappa shape index (κ3) is 2.91. The second kappa shape index (κ2) is 5.10. The van der Waals surface area contributed by atoms with E-state index in [1.54, 1.807) is 6.07 Å². The molecule has 0 aliphatic rings. The Hall–Kier alpha value is -2.36. The minimum atomic E-state index is -0.368. The molecule has 3 nitrogen and oxygen atoms in total. The first-order valence-corrected chi connectivity index (χ1v) is 5.91. The molecule has 0 atom stereocenters. The molecule has 2 rings (SSSR count). The average Bonchev–Trinajstić information content (AvgIpc) is 2.36. The van der Waals surface area contributed by atoms with E-state index in [2.05, 4.69) is 5.32 Å². The summed E-state index contributed by atoms with van der Waals surface area (Å²) in [5.74, 6) is -0.654. The molecule has 0 spiro atoms. The molecule has 3 N–H and O–H groups in total. The Morgan fingerprint density at radius 1 is 1.11 bits per heavy atom. The van der Waals surface area contributed by atoms with Crippen LogP contribution < -0.4 is 11.1 Å². The minimum absolute atomic E-state index is 0.286. The van der Waals surface area contributed by atoms with E-state index in [1.165, 1.54) is 24.3 Å². The highest BCUT2D eigenvalue weighted by molar-refractivity contribution is 6.04. The summed E-state index contributed by atoms with van der Waals surface area (Å²) in [6, 6.07) is 9.04. The molecule has 4 heteroatoms. The second-order valence-corrected chi connectivity index (χ2v) is 4.48. The van der Waals surface area contributed by atoms with E-state index in [0.717, 1.165) is 11.1 Å². The smallest absolute Gasteiger partial charge is 0.255 e. The van der Waals surface area contributed by atoms with Gasteiger partial charge in [0.2, 0.25) is 0 Å². The Morgan fingerprint density at radius 2 is 1.74 bits per heavy atom. The molecule has 1 amide bonds. The largest absolute Gasteiger partial charge is 0.398 e. The molecule has 2 aromatic carbocycles. The molecule has 0 fully saturated rings. The van der Waals surface area contributed by atoms with Gasteiger partial charge in [-0.05, 0) is 55.3 Å². The lowest BCUT2D eigenvalue weighted by atomic mass is 10.1. The number of nitrogens with one attached hydrogen (secondary N) is 1. The summed E-state index contributed by atoms with van der Waals surface area (Å²) in [7, 11) is 0. The van der Waals surface area contributed by atoms with Crippen molar-refractivity contribution in [2.24, 2.45) is 0 Å². The molecule has 0 heterocycles. The van der Waals surface area contributed by atoms with E-state index in [9.17, 15) is 9.18 Å². The highest BCUT2D eigenvalue weighted by atomic mass is 19.1. The van der Waals surface area contributed by atoms with Gasteiger partial charge in [-0.15, -0.1) is 0 Å². The first kappa shape index (κ1) is 13.1. The summed E-state index contributed by atoms with van der Waals surface area (Å²) in [6.07, 6.45) is 0. The lowest BCUT2D eigenvalue weighted by Gasteiger charge is -2.11. The van der Waals surface area contributed by atoms with Gasteiger partial charge in [-0.1, -0.05) is 6.07 Å². The zero-order chi connectivity index (χ0) is 14.0. The molecular formula is C15H15FN2O. The van der Waals surface area contributed by atoms with Crippen LogP contribution in [0.2, 0.25) is 0 Å². The summed E-state index contributed by atoms with van der Waals surface area (Å²) >= 11 is 0. The van der Waals surface area contributed by atoms with Crippen molar-refractivity contribution < 1.29 is 9.18 Å². The van der Waals surface area contributed by atoms with Crippen molar-refractivity contribution >= 4 is 17.3 Å². The lowest BCUT2D eigenvalue weighted by molar-refractivity contribution is 0.102. The number of hydrogen-bond donors (Lipinski definition) is 2. The molecule has 0 bridgehead atoms. The van der Waals surface area contributed by atoms with Gasteiger partial charge in [0.05, 0.1) is 0 Å². The van der Waals surface area contributed by atoms with Crippen molar-refractivity contribution in [1.82, 2.24) is 0 Å². The number of rotatable bonds is 2. The summed E-state index contributed by atoms with van der Waals surface area (Å²) in [5, 5.41) is 2.77. The number of carbonyl (C=O) groups excluding carboxylic acids is 1. The van der Waals surface area contributed by atoms with Crippen LogP contribution in [-0.2, 0) is 0 Å². The Bertz CT molecular complexity index is 621. The first-order chi connectivity index (χ1) is 8.97. The number of aryl methyl sites for hydroxylation is 2. The summed E-state index contributed by atoms with van der Waals surface area (Å²) in [6.45, 7) is 3.81. The van der Waals surface area contributed by atoms with E-state index in [4.69, 9.17) is 5.73 Å². The van der Waals surface area contributed by atoms with Crippen molar-refractivity contribution in [2.45, 2.75) is 13.8 Å². The van der Waals surface area contributed by atoms with E-state index < -0.39 is 0 Å². The molecule has 98 valence electrons. The van der Waals surface area contributed by atoms with Gasteiger partial charge in [-0.25, -0.2) is 4.39 Å². The van der Waals surface area contributed by atoms with Crippen molar-refractivity contribution in [2.75, 3.05) is 11.1 Å². The third-order valence-corrected chi connectivity index (χ3v) is 2.97. The van der Waals surface area contributed by atoms with Crippen LogP contribution in [0.15, 0.2) is 36.4 Å². The van der Waals surface area contributed by atoms with Gasteiger partial charge in [-0.3, -0.25) is 4.79 Å². The van der Waals surface area contributed by atoms with Gasteiger partial charge in [0.25, 0.3) is 5.91 Å². The van der Waals surface area contributed by atoms with E-state index in [-0.39, 0.29) is 11.7 Å². The van der Waals surface area contributed by atoms with Crippen molar-refractivity contribution in [3.05, 3.63) is 58.9 Å². The van der Waals surface area contributed by atoms with Crippen LogP contribution in [-0.4, -0.2) is 5.91 Å². The Balaban J connectivity index is 2.24. The maximum atomic E-state index is 12.8. The predicted octanol–water partition coefficient (Wildman–Crippen LogP) is 3.28. The number of halogens is 1. The van der Waals surface area contributed by atoms with Crippen molar-refractivity contribution in [3.63, 3.8) is 0 Å². The monoisotopic (exact) mass is 258 g/mol. The van der Waals surface area contributed by atoms with Gasteiger partial charge in [0, 0.05) is 16.9 Å². The van der Waals surface area contributed by atoms with Crippen molar-refractivity contribution in [1.29, 1.82) is 0 Å². The average molecular weight is 258 g/mol. The topological polar surface area (TPSA) is 55.1 Å². The summed E-state index contributed by atoms with van der Waals surface area (Å²) in [4.78, 5) is 12.0. The Kier molecular flexibility index (Phi) is 3.51. The highest BCUT2D eigenvalue weighted by Gasteiger charge is 2.09. The third-order valence-electron chi connectivity index (χ3n) is 2.97. The molecule has 0 aliphatic carbocycles. The van der Waals surface area contributed by atoms with Crippen LogP contribution >= 0.6 is 0 Å². The molecule has 0 aliphatic heterocycles. The molecule has 0 saturated carbocycles. The number of hydrogen-bond acceptors (Lipinski definition) is 2. The quantitative estimate of drug-likeness (QED) is 0.812. The maximum absolute atomic E-state index is 12.8. The van der Waals surface area contributed by atoms with E-state index >= 15 is 0 Å².